The summed E-state index contributed by atoms with van der Waals surface area (Å²) >= 11 is 0. The lowest BCUT2D eigenvalue weighted by molar-refractivity contribution is 1.32. The largest absolute Gasteiger partial charge is 0.256 e. The molecule has 1 aromatic heterocycles. The molecule has 15 heavy (non-hydrogen) atoms. The van der Waals surface area contributed by atoms with Crippen LogP contribution in [0, 0.1) is 0 Å². The van der Waals surface area contributed by atoms with Crippen molar-refractivity contribution in [1.82, 2.24) is 4.98 Å². The van der Waals surface area contributed by atoms with E-state index in [9.17, 15) is 0 Å². The van der Waals surface area contributed by atoms with Crippen LogP contribution >= 0.6 is 0 Å². The molecule has 0 unspecified atom stereocenters. The summed E-state index contributed by atoms with van der Waals surface area (Å²) < 4.78 is 0. The Morgan fingerprint density at radius 3 is 2.60 bits per heavy atom. The van der Waals surface area contributed by atoms with Gasteiger partial charge in [-0.1, -0.05) is 42.5 Å². The highest BCUT2D eigenvalue weighted by atomic mass is 14.7. The van der Waals surface area contributed by atoms with Gasteiger partial charge in [0.1, 0.15) is 0 Å². The number of benzene rings is 1. The number of hydrogen-bond acceptors (Lipinski definition) is 1. The zero-order valence-corrected chi connectivity index (χ0v) is 8.72. The van der Waals surface area contributed by atoms with Gasteiger partial charge in [0.2, 0.25) is 0 Å². The predicted octanol–water partition coefficient (Wildman–Crippen LogP) is 3.78. The average Bonchev–Trinajstić information content (AvgIpc) is 2.31. The van der Waals surface area contributed by atoms with E-state index in [1.807, 2.05) is 43.5 Å². The summed E-state index contributed by atoms with van der Waals surface area (Å²) in [5.74, 6) is 0. The Labute approximate surface area is 90.1 Å². The number of allylic oxidation sites excluding steroid dienone is 1. The van der Waals surface area contributed by atoms with Gasteiger partial charge in [-0.05, 0) is 24.6 Å². The molecule has 0 aliphatic heterocycles. The van der Waals surface area contributed by atoms with Crippen LogP contribution < -0.4 is 0 Å². The van der Waals surface area contributed by atoms with E-state index in [0.717, 1.165) is 11.3 Å². The number of aromatic nitrogens is 1. The summed E-state index contributed by atoms with van der Waals surface area (Å²) in [5.41, 5.74) is 3.36. The predicted molar refractivity (Wildman–Crippen MR) is 64.4 cm³/mol. The molecule has 74 valence electrons. The first-order chi connectivity index (χ1) is 7.40. The molecule has 0 saturated heterocycles. The molecule has 0 radical (unpaired) electrons. The molecule has 1 heterocycles. The highest BCUT2D eigenvalue weighted by Crippen LogP contribution is 2.17. The van der Waals surface area contributed by atoms with Crippen molar-refractivity contribution in [2.75, 3.05) is 0 Å². The standard InChI is InChI=1S/C14H13N/c1-2-6-12-9-10-15-14(11-12)13-7-4-3-5-8-13/h2-11H,1H3. The first kappa shape index (κ1) is 9.66. The van der Waals surface area contributed by atoms with Crippen molar-refractivity contribution < 1.29 is 0 Å². The van der Waals surface area contributed by atoms with Gasteiger partial charge >= 0.3 is 0 Å². The smallest absolute Gasteiger partial charge is 0.0707 e. The van der Waals surface area contributed by atoms with Crippen molar-refractivity contribution in [1.29, 1.82) is 0 Å². The molecule has 0 amide bonds. The molecule has 0 spiro atoms. The normalized spacial score (nSPS) is 10.7. The monoisotopic (exact) mass is 195 g/mol. The lowest BCUT2D eigenvalue weighted by atomic mass is 10.1. The molecule has 1 aromatic carbocycles. The van der Waals surface area contributed by atoms with Gasteiger partial charge < -0.3 is 0 Å². The maximum atomic E-state index is 4.36. The maximum absolute atomic E-state index is 4.36. The zero-order valence-electron chi connectivity index (χ0n) is 8.72. The van der Waals surface area contributed by atoms with Crippen molar-refractivity contribution in [2.45, 2.75) is 6.92 Å². The third-order valence-electron chi connectivity index (χ3n) is 2.21. The van der Waals surface area contributed by atoms with E-state index in [1.165, 1.54) is 5.56 Å². The van der Waals surface area contributed by atoms with E-state index in [1.54, 1.807) is 0 Å². The summed E-state index contributed by atoms with van der Waals surface area (Å²) in [7, 11) is 0. The van der Waals surface area contributed by atoms with Crippen LogP contribution in [-0.2, 0) is 0 Å². The first-order valence-corrected chi connectivity index (χ1v) is 5.04. The molecular weight excluding hydrogens is 182 g/mol. The van der Waals surface area contributed by atoms with E-state index in [2.05, 4.69) is 29.3 Å². The second-order valence-corrected chi connectivity index (χ2v) is 3.34. The van der Waals surface area contributed by atoms with Crippen molar-refractivity contribution in [3.05, 3.63) is 60.3 Å². The van der Waals surface area contributed by atoms with Crippen LogP contribution in [-0.4, -0.2) is 4.98 Å². The van der Waals surface area contributed by atoms with Crippen LogP contribution in [0.15, 0.2) is 54.7 Å². The second kappa shape index (κ2) is 4.56. The lowest BCUT2D eigenvalue weighted by Gasteiger charge is -2.01. The van der Waals surface area contributed by atoms with Crippen molar-refractivity contribution in [2.24, 2.45) is 0 Å². The summed E-state index contributed by atoms with van der Waals surface area (Å²) in [6.07, 6.45) is 5.95. The van der Waals surface area contributed by atoms with E-state index in [4.69, 9.17) is 0 Å². The third-order valence-corrected chi connectivity index (χ3v) is 2.21. The van der Waals surface area contributed by atoms with Crippen LogP contribution in [0.1, 0.15) is 12.5 Å². The molecule has 0 N–H and O–H groups in total. The maximum Gasteiger partial charge on any atom is 0.0707 e. The Kier molecular flexibility index (Phi) is 2.93. The highest BCUT2D eigenvalue weighted by Gasteiger charge is 1.97. The number of pyridine rings is 1. The number of rotatable bonds is 2. The van der Waals surface area contributed by atoms with E-state index >= 15 is 0 Å². The molecule has 2 rings (SSSR count). The Balaban J connectivity index is 2.41. The Morgan fingerprint density at radius 2 is 1.87 bits per heavy atom. The summed E-state index contributed by atoms with van der Waals surface area (Å²) in [4.78, 5) is 4.36. The minimum absolute atomic E-state index is 1.02. The van der Waals surface area contributed by atoms with Crippen molar-refractivity contribution in [3.63, 3.8) is 0 Å². The molecule has 0 fully saturated rings. The molecule has 1 nitrogen and oxygen atoms in total. The van der Waals surface area contributed by atoms with Crippen LogP contribution in [0.5, 0.6) is 0 Å². The minimum Gasteiger partial charge on any atom is -0.256 e. The first-order valence-electron chi connectivity index (χ1n) is 5.04. The molecule has 0 aliphatic carbocycles. The fourth-order valence-corrected chi connectivity index (χ4v) is 1.51. The van der Waals surface area contributed by atoms with Gasteiger partial charge in [-0.3, -0.25) is 4.98 Å². The fourth-order valence-electron chi connectivity index (χ4n) is 1.51. The molecule has 2 aromatic rings. The van der Waals surface area contributed by atoms with Crippen LogP contribution in [0.3, 0.4) is 0 Å². The van der Waals surface area contributed by atoms with Crippen LogP contribution in [0.2, 0.25) is 0 Å². The summed E-state index contributed by atoms with van der Waals surface area (Å²) in [6.45, 7) is 2.02. The van der Waals surface area contributed by atoms with Crippen LogP contribution in [0.4, 0.5) is 0 Å². The zero-order chi connectivity index (χ0) is 10.5. The Hall–Kier alpha value is -1.89. The van der Waals surface area contributed by atoms with Gasteiger partial charge in [0.15, 0.2) is 0 Å². The molecule has 1 heteroatoms. The molecule has 0 bridgehead atoms. The van der Waals surface area contributed by atoms with Gasteiger partial charge in [-0.15, -0.1) is 0 Å². The summed E-state index contributed by atoms with van der Waals surface area (Å²) in [5, 5.41) is 0. The quantitative estimate of drug-likeness (QED) is 0.710. The third kappa shape index (κ3) is 2.32. The van der Waals surface area contributed by atoms with Gasteiger partial charge in [0.25, 0.3) is 0 Å². The highest BCUT2D eigenvalue weighted by molar-refractivity contribution is 5.63. The van der Waals surface area contributed by atoms with Gasteiger partial charge in [0.05, 0.1) is 5.69 Å². The van der Waals surface area contributed by atoms with Gasteiger partial charge in [-0.25, -0.2) is 0 Å². The fraction of sp³-hybridized carbons (Fsp3) is 0.0714. The van der Waals surface area contributed by atoms with E-state index < -0.39 is 0 Å². The lowest BCUT2D eigenvalue weighted by Crippen LogP contribution is -1.83. The topological polar surface area (TPSA) is 12.9 Å². The number of nitrogens with zero attached hydrogens (tertiary/aromatic N) is 1. The minimum atomic E-state index is 1.02. The van der Waals surface area contributed by atoms with Gasteiger partial charge in [-0.2, -0.15) is 0 Å². The van der Waals surface area contributed by atoms with Gasteiger partial charge in [0, 0.05) is 11.8 Å². The van der Waals surface area contributed by atoms with Crippen molar-refractivity contribution >= 4 is 6.08 Å². The average molecular weight is 195 g/mol. The molecule has 0 atom stereocenters. The molecular formula is C14H13N. The Bertz CT molecular complexity index is 458. The summed E-state index contributed by atoms with van der Waals surface area (Å²) in [6, 6.07) is 14.3. The van der Waals surface area contributed by atoms with E-state index in [0.29, 0.717) is 0 Å². The second-order valence-electron chi connectivity index (χ2n) is 3.34. The number of hydrogen-bond donors (Lipinski definition) is 0. The van der Waals surface area contributed by atoms with Crippen LogP contribution in [0.25, 0.3) is 17.3 Å². The molecule has 0 saturated carbocycles. The molecule has 0 aliphatic rings. The SMILES string of the molecule is CC=Cc1ccnc(-c2ccccc2)c1. The Morgan fingerprint density at radius 1 is 1.07 bits per heavy atom. The van der Waals surface area contributed by atoms with E-state index in [-0.39, 0.29) is 0 Å². The van der Waals surface area contributed by atoms with Crippen molar-refractivity contribution in [3.8, 4) is 11.3 Å².